The summed E-state index contributed by atoms with van der Waals surface area (Å²) in [5, 5.41) is 5.81. The Morgan fingerprint density at radius 1 is 1.04 bits per heavy atom. The molecule has 2 fully saturated rings. The van der Waals surface area contributed by atoms with Crippen molar-refractivity contribution in [1.29, 1.82) is 0 Å². The van der Waals surface area contributed by atoms with Crippen molar-refractivity contribution in [2.45, 2.75) is 12.8 Å². The van der Waals surface area contributed by atoms with Crippen LogP contribution >= 0.6 is 0 Å². The Hall–Kier alpha value is -2.12. The molecule has 2 aliphatic rings. The highest BCUT2D eigenvalue weighted by molar-refractivity contribution is 6.13. The molecule has 7 heteroatoms. The maximum Gasteiger partial charge on any atom is 0.240 e. The van der Waals surface area contributed by atoms with Crippen molar-refractivity contribution in [3.63, 3.8) is 0 Å². The molecule has 0 aromatic heterocycles. The van der Waals surface area contributed by atoms with E-state index < -0.39 is 5.41 Å². The van der Waals surface area contributed by atoms with Crippen molar-refractivity contribution in [1.82, 2.24) is 15.1 Å². The summed E-state index contributed by atoms with van der Waals surface area (Å²) in [7, 11) is 6.05. The van der Waals surface area contributed by atoms with E-state index in [1.54, 1.807) is 0 Å². The van der Waals surface area contributed by atoms with E-state index in [0.717, 1.165) is 38.4 Å². The Morgan fingerprint density at radius 2 is 1.67 bits per heavy atom. The second-order valence-electron chi connectivity index (χ2n) is 7.93. The number of likely N-dealkylation sites (N-methyl/N-ethyl adjacent to an activating group) is 2. The molecule has 3 rings (SSSR count). The second kappa shape index (κ2) is 8.27. The van der Waals surface area contributed by atoms with Crippen molar-refractivity contribution >= 4 is 23.2 Å². The van der Waals surface area contributed by atoms with Crippen LogP contribution < -0.4 is 15.5 Å². The largest absolute Gasteiger partial charge is 0.369 e. The van der Waals surface area contributed by atoms with Crippen LogP contribution in [0.3, 0.4) is 0 Å². The topological polar surface area (TPSA) is 67.9 Å². The van der Waals surface area contributed by atoms with Gasteiger partial charge in [0.1, 0.15) is 5.41 Å². The molecule has 7 nitrogen and oxygen atoms in total. The molecular formula is C20H31N5O2. The molecule has 1 saturated heterocycles. The zero-order chi connectivity index (χ0) is 19.4. The molecule has 27 heavy (non-hydrogen) atoms. The lowest BCUT2D eigenvalue weighted by molar-refractivity contribution is -0.134. The molecular weight excluding hydrogens is 342 g/mol. The molecule has 0 radical (unpaired) electrons. The molecule has 0 spiro atoms. The second-order valence-corrected chi connectivity index (χ2v) is 7.93. The zero-order valence-corrected chi connectivity index (χ0v) is 16.6. The molecule has 0 atom stereocenters. The summed E-state index contributed by atoms with van der Waals surface area (Å²) in [5.41, 5.74) is 1.02. The number of rotatable bonds is 7. The third-order valence-electron chi connectivity index (χ3n) is 5.46. The van der Waals surface area contributed by atoms with Gasteiger partial charge < -0.3 is 25.3 Å². The van der Waals surface area contributed by atoms with Gasteiger partial charge in [0.15, 0.2) is 0 Å². The van der Waals surface area contributed by atoms with E-state index in [9.17, 15) is 9.59 Å². The van der Waals surface area contributed by atoms with Crippen LogP contribution in [-0.2, 0) is 9.59 Å². The van der Waals surface area contributed by atoms with Crippen LogP contribution in [0, 0.1) is 5.41 Å². The SMILES string of the molecule is CN(C)CCNC(=O)C1(C(=O)Nc2ccc(N3CCN(C)CC3)cc2)CC1. The van der Waals surface area contributed by atoms with E-state index in [4.69, 9.17) is 0 Å². The Labute approximate surface area is 161 Å². The molecule has 0 unspecified atom stereocenters. The summed E-state index contributed by atoms with van der Waals surface area (Å²) in [6, 6.07) is 7.92. The number of amides is 2. The molecule has 148 valence electrons. The van der Waals surface area contributed by atoms with Gasteiger partial charge in [0.05, 0.1) is 0 Å². The van der Waals surface area contributed by atoms with Gasteiger partial charge in [-0.25, -0.2) is 0 Å². The van der Waals surface area contributed by atoms with Crippen molar-refractivity contribution < 1.29 is 9.59 Å². The van der Waals surface area contributed by atoms with Gasteiger partial charge in [0.2, 0.25) is 11.8 Å². The molecule has 1 aliphatic carbocycles. The van der Waals surface area contributed by atoms with Gasteiger partial charge >= 0.3 is 0 Å². The summed E-state index contributed by atoms with van der Waals surface area (Å²) < 4.78 is 0. The number of nitrogens with zero attached hydrogens (tertiary/aromatic N) is 3. The van der Waals surface area contributed by atoms with Crippen molar-refractivity contribution in [2.75, 3.05) is 70.6 Å². The fourth-order valence-electron chi connectivity index (χ4n) is 3.32. The van der Waals surface area contributed by atoms with Crippen LogP contribution in [0.4, 0.5) is 11.4 Å². The first-order chi connectivity index (χ1) is 12.9. The van der Waals surface area contributed by atoms with Crippen LogP contribution in [0.1, 0.15) is 12.8 Å². The third-order valence-corrected chi connectivity index (χ3v) is 5.46. The molecule has 2 amide bonds. The summed E-state index contributed by atoms with van der Waals surface area (Å²) in [5.74, 6) is -0.354. The standard InChI is InChI=1S/C20H31N5O2/c1-23(2)11-10-21-18(26)20(8-9-20)19(27)22-16-4-6-17(7-5-16)25-14-12-24(3)13-15-25/h4-7H,8-15H2,1-3H3,(H,21,26)(H,22,27). The highest BCUT2D eigenvalue weighted by Gasteiger charge is 2.56. The van der Waals surface area contributed by atoms with Crippen LogP contribution in [0.25, 0.3) is 0 Å². The van der Waals surface area contributed by atoms with E-state index in [1.807, 2.05) is 43.3 Å². The zero-order valence-electron chi connectivity index (χ0n) is 16.6. The Kier molecular flexibility index (Phi) is 6.01. The van der Waals surface area contributed by atoms with Gasteiger partial charge in [0.25, 0.3) is 0 Å². The van der Waals surface area contributed by atoms with Crippen LogP contribution in [-0.4, -0.2) is 82.0 Å². The highest BCUT2D eigenvalue weighted by atomic mass is 16.2. The maximum absolute atomic E-state index is 12.7. The van der Waals surface area contributed by atoms with Crippen LogP contribution in [0.2, 0.25) is 0 Å². The summed E-state index contributed by atoms with van der Waals surface area (Å²) in [6.45, 7) is 5.46. The maximum atomic E-state index is 12.7. The van der Waals surface area contributed by atoms with Crippen LogP contribution in [0.15, 0.2) is 24.3 Å². The monoisotopic (exact) mass is 373 g/mol. The Bertz CT molecular complexity index is 661. The summed E-state index contributed by atoms with van der Waals surface area (Å²) >= 11 is 0. The minimum absolute atomic E-state index is 0.157. The Balaban J connectivity index is 1.54. The number of benzene rings is 1. The predicted octanol–water partition coefficient (Wildman–Crippen LogP) is 0.835. The Morgan fingerprint density at radius 3 is 2.22 bits per heavy atom. The number of carbonyl (C=O) groups excluding carboxylic acids is 2. The number of hydrogen-bond acceptors (Lipinski definition) is 5. The van der Waals surface area contributed by atoms with Crippen molar-refractivity contribution in [3.8, 4) is 0 Å². The van der Waals surface area contributed by atoms with Gasteiger partial charge in [0, 0.05) is 50.6 Å². The fourth-order valence-corrected chi connectivity index (χ4v) is 3.32. The summed E-state index contributed by atoms with van der Waals surface area (Å²) in [4.78, 5) is 31.8. The highest BCUT2D eigenvalue weighted by Crippen LogP contribution is 2.46. The number of hydrogen-bond donors (Lipinski definition) is 2. The first-order valence-electron chi connectivity index (χ1n) is 9.69. The molecule has 0 bridgehead atoms. The van der Waals surface area contributed by atoms with Crippen molar-refractivity contribution in [2.24, 2.45) is 5.41 Å². The molecule has 1 heterocycles. The third kappa shape index (κ3) is 4.78. The summed E-state index contributed by atoms with van der Waals surface area (Å²) in [6.07, 6.45) is 1.23. The van der Waals surface area contributed by atoms with E-state index in [0.29, 0.717) is 19.4 Å². The molecule has 1 aliphatic heterocycles. The van der Waals surface area contributed by atoms with Gasteiger partial charge in [-0.2, -0.15) is 0 Å². The number of nitrogens with one attached hydrogen (secondary N) is 2. The van der Waals surface area contributed by atoms with Gasteiger partial charge in [-0.15, -0.1) is 0 Å². The number of piperazine rings is 1. The van der Waals surface area contributed by atoms with E-state index in [-0.39, 0.29) is 11.8 Å². The van der Waals surface area contributed by atoms with E-state index in [2.05, 4.69) is 27.5 Å². The predicted molar refractivity (Wildman–Crippen MR) is 108 cm³/mol. The number of carbonyl (C=O) groups is 2. The average molecular weight is 374 g/mol. The smallest absolute Gasteiger partial charge is 0.240 e. The first-order valence-corrected chi connectivity index (χ1v) is 9.69. The molecule has 1 saturated carbocycles. The molecule has 1 aromatic rings. The first kappa shape index (κ1) is 19.6. The minimum Gasteiger partial charge on any atom is -0.369 e. The minimum atomic E-state index is -0.886. The van der Waals surface area contributed by atoms with Gasteiger partial charge in [-0.05, 0) is 58.3 Å². The lowest BCUT2D eigenvalue weighted by atomic mass is 10.0. The van der Waals surface area contributed by atoms with Crippen LogP contribution in [0.5, 0.6) is 0 Å². The lowest BCUT2D eigenvalue weighted by Crippen LogP contribution is -2.44. The quantitative estimate of drug-likeness (QED) is 0.693. The van der Waals surface area contributed by atoms with Crippen molar-refractivity contribution in [3.05, 3.63) is 24.3 Å². The van der Waals surface area contributed by atoms with E-state index >= 15 is 0 Å². The van der Waals surface area contributed by atoms with Gasteiger partial charge in [-0.3, -0.25) is 9.59 Å². The lowest BCUT2D eigenvalue weighted by Gasteiger charge is -2.34. The molecule has 1 aromatic carbocycles. The van der Waals surface area contributed by atoms with E-state index in [1.165, 1.54) is 5.69 Å². The van der Waals surface area contributed by atoms with Gasteiger partial charge in [-0.1, -0.05) is 0 Å². The normalized spacial score (nSPS) is 19.0. The average Bonchev–Trinajstić information content (AvgIpc) is 3.45. The fraction of sp³-hybridized carbons (Fsp3) is 0.600. The molecule has 2 N–H and O–H groups in total. The number of anilines is 2.